The zero-order valence-corrected chi connectivity index (χ0v) is 16.7. The Balaban J connectivity index is 1.58. The largest absolute Gasteiger partial charge is 0.348 e. The highest BCUT2D eigenvalue weighted by Crippen LogP contribution is 2.33. The number of hydrogen-bond donors (Lipinski definition) is 1. The van der Waals surface area contributed by atoms with Crippen LogP contribution in [0.5, 0.6) is 0 Å². The van der Waals surface area contributed by atoms with Crippen molar-refractivity contribution in [1.82, 2.24) is 15.0 Å². The molecule has 0 atom stereocenters. The number of aromatic nitrogens is 3. The van der Waals surface area contributed by atoms with E-state index in [1.54, 1.807) is 11.3 Å². The predicted molar refractivity (Wildman–Crippen MR) is 115 cm³/mol. The van der Waals surface area contributed by atoms with Gasteiger partial charge in [0, 0.05) is 22.2 Å². The van der Waals surface area contributed by atoms with Crippen molar-refractivity contribution < 1.29 is 4.92 Å². The van der Waals surface area contributed by atoms with Gasteiger partial charge in [-0.1, -0.05) is 48.0 Å². The van der Waals surface area contributed by atoms with Crippen LogP contribution in [0.2, 0.25) is 5.15 Å². The van der Waals surface area contributed by atoms with Gasteiger partial charge in [0.25, 0.3) is 0 Å². The molecule has 1 N–H and O–H groups in total. The molecule has 7 nitrogen and oxygen atoms in total. The Bertz CT molecular complexity index is 1190. The molecule has 4 aromatic rings. The van der Waals surface area contributed by atoms with Crippen molar-refractivity contribution >= 4 is 40.1 Å². The molecule has 0 aliphatic heterocycles. The first kappa shape index (κ1) is 19.0. The van der Waals surface area contributed by atoms with Gasteiger partial charge < -0.3 is 5.32 Å². The first-order valence-electron chi connectivity index (χ1n) is 8.57. The van der Waals surface area contributed by atoms with Crippen molar-refractivity contribution in [3.05, 3.63) is 81.1 Å². The van der Waals surface area contributed by atoms with Gasteiger partial charge in [-0.05, 0) is 24.6 Å². The number of hydrogen-bond acceptors (Lipinski definition) is 7. The van der Waals surface area contributed by atoms with Gasteiger partial charge in [-0.15, -0.1) is 11.3 Å². The minimum atomic E-state index is -0.610. The number of rotatable bonds is 5. The SMILES string of the molecule is Cc1ccccc1-c1nc(-c2ccc(Nc3ncnc(Cl)c3[N+](=O)[O-])cc2)cs1. The van der Waals surface area contributed by atoms with Gasteiger partial charge >= 0.3 is 5.69 Å². The van der Waals surface area contributed by atoms with Crippen LogP contribution in [-0.2, 0) is 0 Å². The van der Waals surface area contributed by atoms with Crippen LogP contribution < -0.4 is 5.32 Å². The Morgan fingerprint density at radius 3 is 2.59 bits per heavy atom. The molecule has 0 radical (unpaired) electrons. The highest BCUT2D eigenvalue weighted by molar-refractivity contribution is 7.13. The molecule has 2 aromatic carbocycles. The number of nitrogens with zero attached hydrogens (tertiary/aromatic N) is 4. The lowest BCUT2D eigenvalue weighted by molar-refractivity contribution is -0.384. The van der Waals surface area contributed by atoms with Crippen molar-refractivity contribution in [1.29, 1.82) is 0 Å². The molecule has 0 bridgehead atoms. The van der Waals surface area contributed by atoms with Gasteiger partial charge in [0.1, 0.15) is 11.3 Å². The Kier molecular flexibility index (Phi) is 5.20. The molecule has 0 aliphatic carbocycles. The lowest BCUT2D eigenvalue weighted by Gasteiger charge is -2.07. The molecule has 4 rings (SSSR count). The summed E-state index contributed by atoms with van der Waals surface area (Å²) in [5, 5.41) is 16.9. The summed E-state index contributed by atoms with van der Waals surface area (Å²) in [5.74, 6) is 0.0400. The minimum Gasteiger partial charge on any atom is -0.334 e. The number of nitro groups is 1. The van der Waals surface area contributed by atoms with Gasteiger partial charge in [-0.25, -0.2) is 15.0 Å². The number of benzene rings is 2. The quantitative estimate of drug-likeness (QED) is 0.244. The Labute approximate surface area is 175 Å². The number of halogens is 1. The zero-order valence-electron chi connectivity index (χ0n) is 15.2. The van der Waals surface area contributed by atoms with Crippen molar-refractivity contribution in [2.45, 2.75) is 6.92 Å². The second kappa shape index (κ2) is 7.94. The van der Waals surface area contributed by atoms with Gasteiger partial charge in [0.2, 0.25) is 11.0 Å². The molecule has 29 heavy (non-hydrogen) atoms. The summed E-state index contributed by atoms with van der Waals surface area (Å²) in [7, 11) is 0. The van der Waals surface area contributed by atoms with Crippen LogP contribution in [0, 0.1) is 17.0 Å². The fourth-order valence-electron chi connectivity index (χ4n) is 2.81. The maximum Gasteiger partial charge on any atom is 0.348 e. The van der Waals surface area contributed by atoms with E-state index < -0.39 is 4.92 Å². The van der Waals surface area contributed by atoms with Crippen LogP contribution in [0.1, 0.15) is 5.56 Å². The maximum absolute atomic E-state index is 11.2. The first-order valence-corrected chi connectivity index (χ1v) is 9.82. The normalized spacial score (nSPS) is 10.7. The number of aryl methyl sites for hydroxylation is 1. The zero-order chi connectivity index (χ0) is 20.4. The van der Waals surface area contributed by atoms with Crippen LogP contribution in [0.15, 0.2) is 60.2 Å². The molecule has 2 heterocycles. The summed E-state index contributed by atoms with van der Waals surface area (Å²) in [5.41, 5.74) is 4.40. The molecule has 0 saturated heterocycles. The molecule has 0 unspecified atom stereocenters. The van der Waals surface area contributed by atoms with Crippen LogP contribution in [-0.4, -0.2) is 19.9 Å². The van der Waals surface area contributed by atoms with Gasteiger partial charge in [0.05, 0.1) is 10.6 Å². The molecule has 0 aliphatic rings. The highest BCUT2D eigenvalue weighted by Gasteiger charge is 2.21. The summed E-state index contributed by atoms with van der Waals surface area (Å²) in [4.78, 5) is 22.9. The fraction of sp³-hybridized carbons (Fsp3) is 0.0500. The molecular formula is C20H14ClN5O2S. The molecule has 0 amide bonds. The molecule has 0 spiro atoms. The summed E-state index contributed by atoms with van der Waals surface area (Å²) in [6.07, 6.45) is 1.18. The summed E-state index contributed by atoms with van der Waals surface area (Å²) in [6.45, 7) is 2.06. The average Bonchev–Trinajstić information content (AvgIpc) is 3.18. The summed E-state index contributed by atoms with van der Waals surface area (Å²) < 4.78 is 0. The van der Waals surface area contributed by atoms with E-state index in [0.29, 0.717) is 5.69 Å². The van der Waals surface area contributed by atoms with E-state index in [0.717, 1.165) is 21.8 Å². The van der Waals surface area contributed by atoms with Crippen molar-refractivity contribution in [2.75, 3.05) is 5.32 Å². The average molecular weight is 424 g/mol. The number of anilines is 2. The smallest absolute Gasteiger partial charge is 0.334 e. The third-order valence-corrected chi connectivity index (χ3v) is 5.44. The van der Waals surface area contributed by atoms with Crippen molar-refractivity contribution in [2.24, 2.45) is 0 Å². The Hall–Kier alpha value is -3.36. The molecule has 2 aromatic heterocycles. The molecule has 144 valence electrons. The number of nitrogens with one attached hydrogen (secondary N) is 1. The van der Waals surface area contributed by atoms with Gasteiger partial charge in [-0.2, -0.15) is 0 Å². The van der Waals surface area contributed by atoms with E-state index >= 15 is 0 Å². The second-order valence-electron chi connectivity index (χ2n) is 6.17. The predicted octanol–water partition coefficient (Wildman–Crippen LogP) is 5.88. The van der Waals surface area contributed by atoms with Crippen LogP contribution in [0.25, 0.3) is 21.8 Å². The Morgan fingerprint density at radius 1 is 1.10 bits per heavy atom. The first-order chi connectivity index (χ1) is 14.0. The van der Waals surface area contributed by atoms with Gasteiger partial charge in [0.15, 0.2) is 0 Å². The van der Waals surface area contributed by atoms with Crippen LogP contribution >= 0.6 is 22.9 Å². The van der Waals surface area contributed by atoms with E-state index in [1.165, 1.54) is 11.9 Å². The minimum absolute atomic E-state index is 0.0400. The van der Waals surface area contributed by atoms with Crippen molar-refractivity contribution in [3.8, 4) is 21.8 Å². The maximum atomic E-state index is 11.2. The molecule has 0 saturated carbocycles. The Morgan fingerprint density at radius 2 is 1.86 bits per heavy atom. The topological polar surface area (TPSA) is 93.8 Å². The fourth-order valence-corrected chi connectivity index (χ4v) is 3.94. The van der Waals surface area contributed by atoms with E-state index in [9.17, 15) is 10.1 Å². The summed E-state index contributed by atoms with van der Waals surface area (Å²) in [6, 6.07) is 15.5. The summed E-state index contributed by atoms with van der Waals surface area (Å²) >= 11 is 7.41. The lowest BCUT2D eigenvalue weighted by Crippen LogP contribution is -2.01. The van der Waals surface area contributed by atoms with E-state index in [1.807, 2.05) is 41.8 Å². The molecule has 9 heteroatoms. The van der Waals surface area contributed by atoms with E-state index in [2.05, 4.69) is 34.3 Å². The van der Waals surface area contributed by atoms with E-state index in [4.69, 9.17) is 16.6 Å². The number of thiazole rings is 1. The van der Waals surface area contributed by atoms with Crippen LogP contribution in [0.3, 0.4) is 0 Å². The van der Waals surface area contributed by atoms with Crippen LogP contribution in [0.4, 0.5) is 17.2 Å². The standard InChI is InChI=1S/C20H14ClN5O2S/c1-12-4-2-3-5-15(12)20-25-16(10-29-20)13-6-8-14(9-7-13)24-19-17(26(27)28)18(21)22-11-23-19/h2-11H,1H3,(H,22,23,24). The molecule has 0 fully saturated rings. The van der Waals surface area contributed by atoms with Crippen molar-refractivity contribution in [3.63, 3.8) is 0 Å². The molecular weight excluding hydrogens is 410 g/mol. The monoisotopic (exact) mass is 423 g/mol. The van der Waals surface area contributed by atoms with Gasteiger partial charge in [-0.3, -0.25) is 10.1 Å². The highest BCUT2D eigenvalue weighted by atomic mass is 35.5. The lowest BCUT2D eigenvalue weighted by atomic mass is 10.1. The third kappa shape index (κ3) is 3.94. The second-order valence-corrected chi connectivity index (χ2v) is 7.39. The third-order valence-electron chi connectivity index (χ3n) is 4.28. The van der Waals surface area contributed by atoms with E-state index in [-0.39, 0.29) is 16.7 Å².